The third-order valence-electron chi connectivity index (χ3n) is 10.3. The molecule has 1 saturated heterocycles. The van der Waals surface area contributed by atoms with E-state index in [1.54, 1.807) is 18.2 Å². The highest BCUT2D eigenvalue weighted by molar-refractivity contribution is 6.11. The molecule has 1 spiro atoms. The van der Waals surface area contributed by atoms with E-state index < -0.39 is 11.2 Å². The number of fused-ring (bicyclic) bond motifs is 3. The summed E-state index contributed by atoms with van der Waals surface area (Å²) in [6, 6.07) is 11.5. The Bertz CT molecular complexity index is 2010. The smallest absolute Gasteiger partial charge is 0.251 e. The topological polar surface area (TPSA) is 124 Å². The maximum Gasteiger partial charge on any atom is 0.251 e. The summed E-state index contributed by atoms with van der Waals surface area (Å²) in [7, 11) is 1.54. The molecule has 0 bridgehead atoms. The molecule has 11 nitrogen and oxygen atoms in total. The average Bonchev–Trinajstić information content (AvgIpc) is 3.55. The average molecular weight is 667 g/mol. The molecule has 49 heavy (non-hydrogen) atoms. The third-order valence-corrected chi connectivity index (χ3v) is 10.3. The Morgan fingerprint density at radius 1 is 1.06 bits per heavy atom. The first-order valence-corrected chi connectivity index (χ1v) is 17.0. The number of halogens is 1. The van der Waals surface area contributed by atoms with Crippen LogP contribution in [0.15, 0.2) is 42.7 Å². The molecular weight excluding hydrogens is 623 g/mol. The van der Waals surface area contributed by atoms with Gasteiger partial charge in [0.2, 0.25) is 11.8 Å². The second kappa shape index (κ2) is 11.9. The van der Waals surface area contributed by atoms with Gasteiger partial charge in [-0.3, -0.25) is 14.4 Å². The molecule has 0 atom stereocenters. The quantitative estimate of drug-likeness (QED) is 0.236. The van der Waals surface area contributed by atoms with Crippen LogP contribution < -0.4 is 20.9 Å². The van der Waals surface area contributed by atoms with Crippen LogP contribution in [0, 0.1) is 12.7 Å². The van der Waals surface area contributed by atoms with Crippen molar-refractivity contribution in [1.82, 2.24) is 30.1 Å². The number of nitrogens with zero attached hydrogens (tertiary/aromatic N) is 5. The summed E-state index contributed by atoms with van der Waals surface area (Å²) < 4.78 is 17.4. The van der Waals surface area contributed by atoms with Crippen molar-refractivity contribution in [1.29, 1.82) is 0 Å². The van der Waals surface area contributed by atoms with Gasteiger partial charge in [-0.2, -0.15) is 0 Å². The minimum Gasteiger partial charge on any atom is -0.355 e. The van der Waals surface area contributed by atoms with E-state index in [0.717, 1.165) is 29.7 Å². The highest BCUT2D eigenvalue weighted by Gasteiger charge is 2.60. The van der Waals surface area contributed by atoms with Crippen LogP contribution in [0.25, 0.3) is 22.3 Å². The summed E-state index contributed by atoms with van der Waals surface area (Å²) in [6.07, 6.45) is 3.45. The van der Waals surface area contributed by atoms with Gasteiger partial charge >= 0.3 is 0 Å². The first kappa shape index (κ1) is 32.7. The van der Waals surface area contributed by atoms with Crippen LogP contribution in [0.4, 0.5) is 21.6 Å². The number of carbonyl (C=O) groups excluding carboxylic acids is 3. The number of anilines is 3. The molecule has 256 valence electrons. The van der Waals surface area contributed by atoms with E-state index in [4.69, 9.17) is 9.97 Å². The van der Waals surface area contributed by atoms with Crippen LogP contribution >= 0.6 is 0 Å². The molecule has 4 aromatic rings. The van der Waals surface area contributed by atoms with E-state index in [1.807, 2.05) is 47.6 Å². The Balaban J connectivity index is 1.32. The molecule has 2 fully saturated rings. The molecule has 0 radical (unpaired) electrons. The highest BCUT2D eigenvalue weighted by Crippen LogP contribution is 2.51. The molecule has 12 heteroatoms. The molecule has 4 heterocycles. The molecule has 3 N–H and O–H groups in total. The van der Waals surface area contributed by atoms with Crippen molar-refractivity contribution in [3.63, 3.8) is 0 Å². The number of nitrogens with one attached hydrogen (secondary N) is 3. The predicted molar refractivity (Wildman–Crippen MR) is 188 cm³/mol. The van der Waals surface area contributed by atoms with Gasteiger partial charge in [0.05, 0.1) is 23.2 Å². The second-order valence-corrected chi connectivity index (χ2v) is 14.3. The van der Waals surface area contributed by atoms with E-state index in [-0.39, 0.29) is 35.5 Å². The lowest BCUT2D eigenvalue weighted by molar-refractivity contribution is -0.142. The van der Waals surface area contributed by atoms with E-state index in [1.165, 1.54) is 26.1 Å². The van der Waals surface area contributed by atoms with Crippen molar-refractivity contribution < 1.29 is 18.8 Å². The van der Waals surface area contributed by atoms with Crippen molar-refractivity contribution in [2.24, 2.45) is 0 Å². The monoisotopic (exact) mass is 666 g/mol. The molecule has 1 aliphatic carbocycles. The zero-order chi connectivity index (χ0) is 34.9. The van der Waals surface area contributed by atoms with Crippen LogP contribution in [0.2, 0.25) is 0 Å². The normalized spacial score (nSPS) is 19.4. The maximum absolute atomic E-state index is 15.4. The van der Waals surface area contributed by atoms with E-state index in [9.17, 15) is 14.4 Å². The molecule has 3 amide bonds. The number of imidazole rings is 1. The van der Waals surface area contributed by atoms with Crippen LogP contribution in [-0.2, 0) is 15.0 Å². The molecule has 3 aliphatic rings. The summed E-state index contributed by atoms with van der Waals surface area (Å²) in [5.41, 5.74) is 4.79. The number of pyridine rings is 1. The number of carbonyl (C=O) groups is 3. The molecule has 1 saturated carbocycles. The SMILES string of the molecule is CNC(=O)c1cc(Nc2nc(-c3ccc4c(c3)N(C3CC(NC(C)C)C3)C(=O)C43CN(C(C)=O)C3)cc3ncn(C(C)C)c23)c(F)cc1C. The van der Waals surface area contributed by atoms with Crippen LogP contribution in [0.1, 0.15) is 75.0 Å². The van der Waals surface area contributed by atoms with Crippen molar-refractivity contribution >= 4 is 45.9 Å². The Morgan fingerprint density at radius 3 is 2.45 bits per heavy atom. The van der Waals surface area contributed by atoms with Gasteiger partial charge in [0.15, 0.2) is 5.82 Å². The van der Waals surface area contributed by atoms with Crippen LogP contribution in [0.3, 0.4) is 0 Å². The molecule has 2 aromatic carbocycles. The van der Waals surface area contributed by atoms with E-state index in [0.29, 0.717) is 58.8 Å². The second-order valence-electron chi connectivity index (χ2n) is 14.3. The Kier molecular flexibility index (Phi) is 7.97. The third kappa shape index (κ3) is 5.33. The number of rotatable bonds is 8. The van der Waals surface area contributed by atoms with E-state index >= 15 is 4.39 Å². The van der Waals surface area contributed by atoms with Crippen molar-refractivity contribution in [3.8, 4) is 11.3 Å². The standard InChI is InChI=1S/C37H43FN8O3/c1-19(2)41-24-12-25(13-24)46-32-11-23(8-9-27(32)37(36(46)49)16-44(17-37)22(6)47)29-15-31-33(45(18-40-31)20(3)4)34(42-29)43-30-14-26(35(48)39-7)21(5)10-28(30)38/h8-11,14-15,18-20,24-25,41H,12-13,16-17H2,1-7H3,(H,39,48)(H,42,43). The highest BCUT2D eigenvalue weighted by atomic mass is 19.1. The van der Waals surface area contributed by atoms with Gasteiger partial charge in [-0.05, 0) is 69.0 Å². The summed E-state index contributed by atoms with van der Waals surface area (Å²) in [6.45, 7) is 12.3. The van der Waals surface area contributed by atoms with Gasteiger partial charge in [-0.25, -0.2) is 14.4 Å². The zero-order valence-electron chi connectivity index (χ0n) is 29.0. The first-order chi connectivity index (χ1) is 23.3. The van der Waals surface area contributed by atoms with Crippen molar-refractivity contribution in [2.75, 3.05) is 30.4 Å². The van der Waals surface area contributed by atoms with Crippen molar-refractivity contribution in [2.45, 2.75) is 84.0 Å². The minimum atomic E-state index is -0.748. The number of aromatic nitrogens is 3. The van der Waals surface area contributed by atoms with Gasteiger partial charge in [-0.1, -0.05) is 26.0 Å². The number of amides is 3. The summed E-state index contributed by atoms with van der Waals surface area (Å²) in [5, 5.41) is 9.39. The molecule has 2 aromatic heterocycles. The summed E-state index contributed by atoms with van der Waals surface area (Å²) in [5.74, 6) is -0.416. The van der Waals surface area contributed by atoms with Gasteiger partial charge < -0.3 is 30.3 Å². The first-order valence-electron chi connectivity index (χ1n) is 17.0. The van der Waals surface area contributed by atoms with Crippen LogP contribution in [-0.4, -0.2) is 75.4 Å². The Morgan fingerprint density at radius 2 is 1.80 bits per heavy atom. The number of hydrogen-bond donors (Lipinski definition) is 3. The molecular formula is C37H43FN8O3. The number of likely N-dealkylation sites (tertiary alicyclic amines) is 1. The molecule has 7 rings (SSSR count). The Hall–Kier alpha value is -4.84. The van der Waals surface area contributed by atoms with E-state index in [2.05, 4.69) is 29.8 Å². The minimum absolute atomic E-state index is 0.0364. The van der Waals surface area contributed by atoms with Gasteiger partial charge in [0.25, 0.3) is 5.91 Å². The molecule has 2 aliphatic heterocycles. The lowest BCUT2D eigenvalue weighted by atomic mass is 9.74. The fourth-order valence-electron chi connectivity index (χ4n) is 7.61. The van der Waals surface area contributed by atoms with Crippen LogP contribution in [0.5, 0.6) is 0 Å². The summed E-state index contributed by atoms with van der Waals surface area (Å²) in [4.78, 5) is 52.4. The Labute approximate surface area is 285 Å². The summed E-state index contributed by atoms with van der Waals surface area (Å²) >= 11 is 0. The number of hydrogen-bond acceptors (Lipinski definition) is 7. The zero-order valence-corrected chi connectivity index (χ0v) is 29.0. The fraction of sp³-hybridized carbons (Fsp3) is 0.432. The fourth-order valence-corrected chi connectivity index (χ4v) is 7.61. The van der Waals surface area contributed by atoms with Gasteiger partial charge in [0, 0.05) is 68.0 Å². The van der Waals surface area contributed by atoms with Gasteiger partial charge in [-0.15, -0.1) is 0 Å². The number of aryl methyl sites for hydroxylation is 1. The maximum atomic E-state index is 15.4. The number of benzene rings is 2. The lowest BCUT2D eigenvalue weighted by Gasteiger charge is -2.48. The van der Waals surface area contributed by atoms with Gasteiger partial charge in [0.1, 0.15) is 16.7 Å². The largest absolute Gasteiger partial charge is 0.355 e. The van der Waals surface area contributed by atoms with Crippen molar-refractivity contribution in [3.05, 3.63) is 65.2 Å². The predicted octanol–water partition coefficient (Wildman–Crippen LogP) is 5.21. The molecule has 0 unspecified atom stereocenters. The lowest BCUT2D eigenvalue weighted by Crippen LogP contribution is -2.66.